The number of phenols is 2. The number of nitrogens with zero attached hydrogens (tertiary/aromatic N) is 1. The van der Waals surface area contributed by atoms with E-state index in [0.29, 0.717) is 12.0 Å². The molecule has 2 rings (SSSR count). The van der Waals surface area contributed by atoms with Crippen LogP contribution in [0, 0.1) is 0 Å². The lowest BCUT2D eigenvalue weighted by Crippen LogP contribution is -2.47. The summed E-state index contributed by atoms with van der Waals surface area (Å²) < 4.78 is 32.8. The molecule has 0 fully saturated rings. The minimum absolute atomic E-state index is 0.0452. The zero-order chi connectivity index (χ0) is 25.0. The van der Waals surface area contributed by atoms with E-state index in [4.69, 9.17) is 9.84 Å². The van der Waals surface area contributed by atoms with Gasteiger partial charge in [0.25, 0.3) is 0 Å². The van der Waals surface area contributed by atoms with Crippen LogP contribution in [-0.4, -0.2) is 64.7 Å². The quantitative estimate of drug-likeness (QED) is 0.284. The maximum absolute atomic E-state index is 12.5. The standard InChI is InChI=1S/C20H27N3O9S/c1-20(2,3)32-19(29)22-33(30,31)23-10-4-5-12(11-23)6-9-15(25)21-16-14(24)8-7-13(17(16)26)18(27)28/h5,7-8,24,26H,4,6,9-11H2,1-3H3,(H,21,25)(H,22,29)(H,27,28). The second kappa shape index (κ2) is 10.1. The van der Waals surface area contributed by atoms with Gasteiger partial charge in [-0.2, -0.15) is 12.7 Å². The first-order valence-electron chi connectivity index (χ1n) is 9.96. The lowest BCUT2D eigenvalue weighted by atomic mass is 10.1. The van der Waals surface area contributed by atoms with Crippen molar-refractivity contribution < 1.29 is 42.9 Å². The SMILES string of the molecule is CC(C)(C)OC(=O)NS(=O)(=O)N1CCC=C(CCC(=O)Nc2c(O)ccc(C(=O)O)c2O)C1. The molecule has 0 radical (unpaired) electrons. The first-order chi connectivity index (χ1) is 15.2. The predicted molar refractivity (Wildman–Crippen MR) is 117 cm³/mol. The zero-order valence-electron chi connectivity index (χ0n) is 18.4. The molecule has 0 aliphatic carbocycles. The summed E-state index contributed by atoms with van der Waals surface area (Å²) in [6.07, 6.45) is 1.09. The maximum Gasteiger partial charge on any atom is 0.422 e. The van der Waals surface area contributed by atoms with Crippen molar-refractivity contribution in [3.05, 3.63) is 29.3 Å². The van der Waals surface area contributed by atoms with Crippen molar-refractivity contribution in [3.8, 4) is 11.5 Å². The van der Waals surface area contributed by atoms with E-state index < -0.39 is 56.5 Å². The summed E-state index contributed by atoms with van der Waals surface area (Å²) in [6.45, 7) is 4.89. The molecule has 0 saturated heterocycles. The number of amides is 2. The Kier molecular flexibility index (Phi) is 7.93. The highest BCUT2D eigenvalue weighted by Crippen LogP contribution is 2.36. The number of carboxylic acids is 1. The summed E-state index contributed by atoms with van der Waals surface area (Å²) in [5, 5.41) is 31.1. The van der Waals surface area contributed by atoms with E-state index in [2.05, 4.69) is 5.32 Å². The minimum atomic E-state index is -4.15. The zero-order valence-corrected chi connectivity index (χ0v) is 19.2. The number of carbonyl (C=O) groups is 3. The molecule has 13 heteroatoms. The number of aromatic hydroxyl groups is 2. The van der Waals surface area contributed by atoms with Crippen molar-refractivity contribution in [1.29, 1.82) is 0 Å². The molecule has 0 spiro atoms. The predicted octanol–water partition coefficient (Wildman–Crippen LogP) is 1.92. The highest BCUT2D eigenvalue weighted by atomic mass is 32.2. The summed E-state index contributed by atoms with van der Waals surface area (Å²) >= 11 is 0. The number of carboxylic acid groups (broad SMARTS) is 1. The first kappa shape index (κ1) is 25.9. The second-order valence-electron chi connectivity index (χ2n) is 8.30. The molecule has 0 bridgehead atoms. The van der Waals surface area contributed by atoms with Crippen molar-refractivity contribution in [2.45, 2.75) is 45.6 Å². The number of benzene rings is 1. The van der Waals surface area contributed by atoms with Crippen LogP contribution < -0.4 is 10.0 Å². The average molecular weight is 486 g/mol. The fraction of sp³-hybridized carbons (Fsp3) is 0.450. The number of ether oxygens (including phenoxy) is 1. The second-order valence-corrected chi connectivity index (χ2v) is 9.97. The highest BCUT2D eigenvalue weighted by molar-refractivity contribution is 7.87. The van der Waals surface area contributed by atoms with Gasteiger partial charge in [-0.1, -0.05) is 11.6 Å². The summed E-state index contributed by atoms with van der Waals surface area (Å²) in [7, 11) is -4.15. The van der Waals surface area contributed by atoms with E-state index in [1.807, 2.05) is 4.72 Å². The van der Waals surface area contributed by atoms with E-state index in [1.165, 1.54) is 0 Å². The molecular weight excluding hydrogens is 458 g/mol. The van der Waals surface area contributed by atoms with Crippen LogP contribution in [0.2, 0.25) is 0 Å². The Morgan fingerprint density at radius 3 is 2.45 bits per heavy atom. The Morgan fingerprint density at radius 1 is 1.18 bits per heavy atom. The molecule has 0 saturated carbocycles. The average Bonchev–Trinajstić information content (AvgIpc) is 2.67. The van der Waals surface area contributed by atoms with Crippen molar-refractivity contribution in [2.75, 3.05) is 18.4 Å². The van der Waals surface area contributed by atoms with Crippen LogP contribution in [0.5, 0.6) is 11.5 Å². The molecule has 0 aromatic heterocycles. The normalized spacial score (nSPS) is 14.8. The third-order valence-corrected chi connectivity index (χ3v) is 5.88. The number of hydrogen-bond acceptors (Lipinski definition) is 8. The number of carbonyl (C=O) groups excluding carboxylic acids is 2. The van der Waals surface area contributed by atoms with Crippen LogP contribution in [0.15, 0.2) is 23.8 Å². The molecule has 1 aliphatic rings. The largest absolute Gasteiger partial charge is 0.506 e. The smallest absolute Gasteiger partial charge is 0.422 e. The Hall–Kier alpha value is -3.32. The van der Waals surface area contributed by atoms with Gasteiger partial charge in [0.2, 0.25) is 5.91 Å². The number of anilines is 1. The number of phenolic OH excluding ortho intramolecular Hbond substituents is 1. The third-order valence-electron chi connectivity index (χ3n) is 4.47. The summed E-state index contributed by atoms with van der Waals surface area (Å²) in [4.78, 5) is 35.2. The third kappa shape index (κ3) is 7.36. The summed E-state index contributed by atoms with van der Waals surface area (Å²) in [5.74, 6) is -3.35. The first-order valence-corrected chi connectivity index (χ1v) is 11.4. The summed E-state index contributed by atoms with van der Waals surface area (Å²) in [6, 6.07) is 2.03. The van der Waals surface area contributed by atoms with E-state index >= 15 is 0 Å². The Labute approximate surface area is 191 Å². The molecule has 182 valence electrons. The van der Waals surface area contributed by atoms with Crippen LogP contribution in [-0.2, 0) is 19.7 Å². The fourth-order valence-electron chi connectivity index (χ4n) is 2.99. The fourth-order valence-corrected chi connectivity index (χ4v) is 4.05. The van der Waals surface area contributed by atoms with Crippen LogP contribution >= 0.6 is 0 Å². The molecule has 5 N–H and O–H groups in total. The molecule has 1 aromatic carbocycles. The number of hydrogen-bond donors (Lipinski definition) is 5. The van der Waals surface area contributed by atoms with Crippen LogP contribution in [0.25, 0.3) is 0 Å². The van der Waals surface area contributed by atoms with Gasteiger partial charge in [-0.25, -0.2) is 14.3 Å². The minimum Gasteiger partial charge on any atom is -0.506 e. The van der Waals surface area contributed by atoms with Gasteiger partial charge < -0.3 is 25.4 Å². The maximum atomic E-state index is 12.5. The van der Waals surface area contributed by atoms with Gasteiger partial charge in [-0.05, 0) is 45.7 Å². The molecule has 12 nitrogen and oxygen atoms in total. The van der Waals surface area contributed by atoms with Crippen molar-refractivity contribution in [1.82, 2.24) is 9.03 Å². The van der Waals surface area contributed by atoms with Gasteiger partial charge >= 0.3 is 22.3 Å². The van der Waals surface area contributed by atoms with E-state index in [9.17, 15) is 33.0 Å². The molecule has 1 aromatic rings. The van der Waals surface area contributed by atoms with Gasteiger partial charge in [-0.15, -0.1) is 0 Å². The Bertz CT molecular complexity index is 1070. The van der Waals surface area contributed by atoms with Crippen LogP contribution in [0.4, 0.5) is 10.5 Å². The van der Waals surface area contributed by atoms with Gasteiger partial charge in [0.1, 0.15) is 22.6 Å². The van der Waals surface area contributed by atoms with E-state index in [0.717, 1.165) is 16.4 Å². The lowest BCUT2D eigenvalue weighted by Gasteiger charge is -2.27. The molecule has 33 heavy (non-hydrogen) atoms. The lowest BCUT2D eigenvalue weighted by molar-refractivity contribution is -0.116. The highest BCUT2D eigenvalue weighted by Gasteiger charge is 2.29. The molecular formula is C20H27N3O9S. The van der Waals surface area contributed by atoms with Gasteiger partial charge in [0.05, 0.1) is 0 Å². The van der Waals surface area contributed by atoms with E-state index in [-0.39, 0.29) is 25.9 Å². The molecule has 0 atom stereocenters. The molecule has 1 heterocycles. The van der Waals surface area contributed by atoms with Crippen molar-refractivity contribution in [3.63, 3.8) is 0 Å². The Morgan fingerprint density at radius 2 is 1.85 bits per heavy atom. The van der Waals surface area contributed by atoms with Crippen molar-refractivity contribution >= 4 is 33.9 Å². The van der Waals surface area contributed by atoms with Crippen LogP contribution in [0.1, 0.15) is 50.4 Å². The number of aromatic carboxylic acids is 1. The number of rotatable bonds is 7. The number of nitrogens with one attached hydrogen (secondary N) is 2. The topological polar surface area (TPSA) is 183 Å². The van der Waals surface area contributed by atoms with E-state index in [1.54, 1.807) is 26.8 Å². The van der Waals surface area contributed by atoms with Gasteiger partial charge in [0.15, 0.2) is 5.75 Å². The van der Waals surface area contributed by atoms with Crippen molar-refractivity contribution in [2.24, 2.45) is 0 Å². The van der Waals surface area contributed by atoms with Gasteiger partial charge in [0, 0.05) is 19.5 Å². The molecule has 2 amide bonds. The Balaban J connectivity index is 1.97. The molecule has 1 aliphatic heterocycles. The monoisotopic (exact) mass is 485 g/mol. The van der Waals surface area contributed by atoms with Crippen LogP contribution in [0.3, 0.4) is 0 Å². The van der Waals surface area contributed by atoms with Gasteiger partial charge in [-0.3, -0.25) is 4.79 Å². The molecule has 0 unspecified atom stereocenters. The summed E-state index contributed by atoms with van der Waals surface area (Å²) in [5.41, 5.74) is -1.16.